The average Bonchev–Trinajstić information content (AvgIpc) is 2.22. The molecule has 7 heteroatoms. The molecule has 0 fully saturated rings. The Morgan fingerprint density at radius 2 is 2.05 bits per heavy atom. The topological polar surface area (TPSA) is 81.4 Å². The number of nitrogen functional groups attached to an aromatic ring is 1. The van der Waals surface area contributed by atoms with Crippen molar-refractivity contribution in [3.63, 3.8) is 0 Å². The highest BCUT2D eigenvalue weighted by atomic mass is 79.9. The van der Waals surface area contributed by atoms with Gasteiger partial charge in [-0.1, -0.05) is 15.9 Å². The normalized spacial score (nSPS) is 11.8. The van der Waals surface area contributed by atoms with Crippen molar-refractivity contribution in [2.45, 2.75) is 26.9 Å². The second-order valence-corrected chi connectivity index (χ2v) is 7.28. The molecular weight excluding hydrogens is 332 g/mol. The van der Waals surface area contributed by atoms with E-state index >= 15 is 0 Å². The Balaban J connectivity index is 2.79. The van der Waals surface area contributed by atoms with Gasteiger partial charge < -0.3 is 10.5 Å². The minimum Gasteiger partial charge on any atom is -0.397 e. The molecule has 0 aromatic heterocycles. The summed E-state index contributed by atoms with van der Waals surface area (Å²) in [7, 11) is -3.46. The van der Waals surface area contributed by atoms with E-state index in [1.807, 2.05) is 13.8 Å². The molecule has 0 heterocycles. The number of sulfonamides is 1. The summed E-state index contributed by atoms with van der Waals surface area (Å²) in [5, 5.41) is 0. The van der Waals surface area contributed by atoms with Gasteiger partial charge in [-0.05, 0) is 38.5 Å². The fourth-order valence-electron chi connectivity index (χ4n) is 1.51. The molecular formula is C12H19BrN2O3S. The van der Waals surface area contributed by atoms with Crippen LogP contribution in [0.2, 0.25) is 0 Å². The van der Waals surface area contributed by atoms with Crippen LogP contribution in [0.1, 0.15) is 19.4 Å². The highest BCUT2D eigenvalue weighted by Gasteiger charge is 2.14. The zero-order valence-electron chi connectivity index (χ0n) is 11.2. The first-order chi connectivity index (χ1) is 8.71. The van der Waals surface area contributed by atoms with Gasteiger partial charge in [0.1, 0.15) is 0 Å². The number of ether oxygens (including phenoxy) is 1. The second-order valence-electron chi connectivity index (χ2n) is 4.53. The zero-order valence-corrected chi connectivity index (χ0v) is 13.6. The van der Waals surface area contributed by atoms with Gasteiger partial charge in [0.2, 0.25) is 10.0 Å². The molecule has 0 aliphatic carbocycles. The molecule has 0 atom stereocenters. The Morgan fingerprint density at radius 1 is 1.42 bits per heavy atom. The molecule has 1 aromatic carbocycles. The first-order valence-electron chi connectivity index (χ1n) is 5.89. The molecule has 3 N–H and O–H groups in total. The molecule has 1 aromatic rings. The molecule has 0 bridgehead atoms. The SMILES string of the molecule is Cc1cc(Br)cc(N)c1NS(=O)(=O)CCOC(C)C. The summed E-state index contributed by atoms with van der Waals surface area (Å²) in [6, 6.07) is 3.47. The number of halogens is 1. The molecule has 0 saturated carbocycles. The van der Waals surface area contributed by atoms with Crippen molar-refractivity contribution in [3.8, 4) is 0 Å². The van der Waals surface area contributed by atoms with Crippen LogP contribution in [0.25, 0.3) is 0 Å². The van der Waals surface area contributed by atoms with Crippen LogP contribution in [0, 0.1) is 6.92 Å². The van der Waals surface area contributed by atoms with Crippen LogP contribution in [0.5, 0.6) is 0 Å². The molecule has 1 rings (SSSR count). The predicted molar refractivity (Wildman–Crippen MR) is 81.8 cm³/mol. The summed E-state index contributed by atoms with van der Waals surface area (Å²) in [6.45, 7) is 5.67. The molecule has 0 aliphatic heterocycles. The average molecular weight is 351 g/mol. The highest BCUT2D eigenvalue weighted by Crippen LogP contribution is 2.28. The summed E-state index contributed by atoms with van der Waals surface area (Å²) in [5.74, 6) is -0.0971. The lowest BCUT2D eigenvalue weighted by atomic mass is 10.2. The van der Waals surface area contributed by atoms with Gasteiger partial charge in [-0.25, -0.2) is 8.42 Å². The molecule has 0 radical (unpaired) electrons. The number of nitrogens with one attached hydrogen (secondary N) is 1. The van der Waals surface area contributed by atoms with E-state index < -0.39 is 10.0 Å². The highest BCUT2D eigenvalue weighted by molar-refractivity contribution is 9.10. The number of rotatable bonds is 6. The monoisotopic (exact) mass is 350 g/mol. The Hall–Kier alpha value is -0.790. The van der Waals surface area contributed by atoms with Gasteiger partial charge in [0.25, 0.3) is 0 Å². The summed E-state index contributed by atoms with van der Waals surface area (Å²) >= 11 is 3.31. The summed E-state index contributed by atoms with van der Waals surface area (Å²) in [4.78, 5) is 0. The van der Waals surface area contributed by atoms with Gasteiger partial charge in [-0.15, -0.1) is 0 Å². The standard InChI is InChI=1S/C12H19BrN2O3S/c1-8(2)18-4-5-19(16,17)15-12-9(3)6-10(13)7-11(12)14/h6-8,15H,4-5,14H2,1-3H3. The van der Waals surface area contributed by atoms with Crippen LogP contribution in [-0.2, 0) is 14.8 Å². The maximum atomic E-state index is 11.9. The maximum absolute atomic E-state index is 11.9. The van der Waals surface area contributed by atoms with Crippen LogP contribution in [0.4, 0.5) is 11.4 Å². The smallest absolute Gasteiger partial charge is 0.235 e. The van der Waals surface area contributed by atoms with Crippen molar-refractivity contribution in [3.05, 3.63) is 22.2 Å². The number of hydrogen-bond donors (Lipinski definition) is 2. The second kappa shape index (κ2) is 6.58. The van der Waals surface area contributed by atoms with Crippen molar-refractivity contribution in [2.75, 3.05) is 22.8 Å². The minimum absolute atomic E-state index is 0.00897. The number of nitrogens with two attached hydrogens (primary N) is 1. The van der Waals surface area contributed by atoms with E-state index in [-0.39, 0.29) is 18.5 Å². The molecule has 0 spiro atoms. The Morgan fingerprint density at radius 3 is 2.58 bits per heavy atom. The van der Waals surface area contributed by atoms with Crippen LogP contribution < -0.4 is 10.5 Å². The van der Waals surface area contributed by atoms with E-state index in [0.29, 0.717) is 11.4 Å². The largest absolute Gasteiger partial charge is 0.397 e. The molecule has 0 amide bonds. The number of anilines is 2. The maximum Gasteiger partial charge on any atom is 0.235 e. The van der Waals surface area contributed by atoms with E-state index in [1.54, 1.807) is 19.1 Å². The lowest BCUT2D eigenvalue weighted by Gasteiger charge is -2.14. The van der Waals surface area contributed by atoms with E-state index in [9.17, 15) is 8.42 Å². The Labute approximate surface area is 122 Å². The fourth-order valence-corrected chi connectivity index (χ4v) is 3.11. The van der Waals surface area contributed by atoms with Crippen LogP contribution >= 0.6 is 15.9 Å². The van der Waals surface area contributed by atoms with Crippen molar-refractivity contribution in [2.24, 2.45) is 0 Å². The summed E-state index contributed by atoms with van der Waals surface area (Å²) in [6.07, 6.45) is 0.00897. The van der Waals surface area contributed by atoms with Gasteiger partial charge in [0.15, 0.2) is 0 Å². The van der Waals surface area contributed by atoms with E-state index in [2.05, 4.69) is 20.7 Å². The van der Waals surface area contributed by atoms with Crippen molar-refractivity contribution in [1.29, 1.82) is 0 Å². The van der Waals surface area contributed by atoms with Gasteiger partial charge in [0, 0.05) is 4.47 Å². The molecule has 5 nitrogen and oxygen atoms in total. The van der Waals surface area contributed by atoms with Gasteiger partial charge in [-0.3, -0.25) is 4.72 Å². The van der Waals surface area contributed by atoms with Gasteiger partial charge in [-0.2, -0.15) is 0 Å². The van der Waals surface area contributed by atoms with E-state index in [0.717, 1.165) is 10.0 Å². The first-order valence-corrected chi connectivity index (χ1v) is 8.33. The van der Waals surface area contributed by atoms with Crippen molar-refractivity contribution in [1.82, 2.24) is 0 Å². The summed E-state index contributed by atoms with van der Waals surface area (Å²) in [5.41, 5.74) is 7.40. The van der Waals surface area contributed by atoms with Gasteiger partial charge in [0.05, 0.1) is 29.8 Å². The third-order valence-electron chi connectivity index (χ3n) is 2.39. The minimum atomic E-state index is -3.46. The molecule has 0 unspecified atom stereocenters. The quantitative estimate of drug-likeness (QED) is 0.772. The molecule has 0 aliphatic rings. The zero-order chi connectivity index (χ0) is 14.6. The molecule has 108 valence electrons. The van der Waals surface area contributed by atoms with Crippen LogP contribution in [0.3, 0.4) is 0 Å². The Bertz CT molecular complexity index is 521. The van der Waals surface area contributed by atoms with Gasteiger partial charge >= 0.3 is 0 Å². The fraction of sp³-hybridized carbons (Fsp3) is 0.500. The lowest BCUT2D eigenvalue weighted by Crippen LogP contribution is -2.22. The number of hydrogen-bond acceptors (Lipinski definition) is 4. The van der Waals surface area contributed by atoms with Crippen molar-refractivity contribution < 1.29 is 13.2 Å². The number of aryl methyl sites for hydroxylation is 1. The van der Waals surface area contributed by atoms with E-state index in [1.165, 1.54) is 0 Å². The van der Waals surface area contributed by atoms with Crippen LogP contribution in [0.15, 0.2) is 16.6 Å². The number of benzene rings is 1. The molecule has 19 heavy (non-hydrogen) atoms. The Kier molecular flexibility index (Phi) is 5.64. The lowest BCUT2D eigenvalue weighted by molar-refractivity contribution is 0.0913. The van der Waals surface area contributed by atoms with E-state index in [4.69, 9.17) is 10.5 Å². The summed E-state index contributed by atoms with van der Waals surface area (Å²) < 4.78 is 32.4. The molecule has 0 saturated heterocycles. The third kappa shape index (κ3) is 5.38. The third-order valence-corrected chi connectivity index (χ3v) is 4.07. The van der Waals surface area contributed by atoms with Crippen molar-refractivity contribution >= 4 is 37.3 Å². The first kappa shape index (κ1) is 16.3. The predicted octanol–water partition coefficient (Wildman–Crippen LogP) is 2.51. The van der Waals surface area contributed by atoms with Crippen LogP contribution in [-0.4, -0.2) is 26.9 Å².